The number of pyridine rings is 1. The van der Waals surface area contributed by atoms with Gasteiger partial charge in [-0.2, -0.15) is 0 Å². The molecule has 76 valence electrons. The van der Waals surface area contributed by atoms with Gasteiger partial charge in [-0.05, 0) is 23.7 Å². The van der Waals surface area contributed by atoms with Crippen LogP contribution in [0.5, 0.6) is 0 Å². The van der Waals surface area contributed by atoms with Crippen LogP contribution in [0.3, 0.4) is 0 Å². The quantitative estimate of drug-likeness (QED) is 0.836. The molecule has 0 amide bonds. The number of nitrogens with zero attached hydrogens (tertiary/aromatic N) is 3. The zero-order valence-corrected chi connectivity index (χ0v) is 8.03. The van der Waals surface area contributed by atoms with Crippen LogP contribution < -0.4 is 0 Å². The van der Waals surface area contributed by atoms with Crippen LogP contribution in [0.1, 0.15) is 9.67 Å². The summed E-state index contributed by atoms with van der Waals surface area (Å²) >= 11 is 0.762. The lowest BCUT2D eigenvalue weighted by molar-refractivity contribution is 0.0702. The molecule has 2 heterocycles. The molecule has 15 heavy (non-hydrogen) atoms. The van der Waals surface area contributed by atoms with Gasteiger partial charge in [0.25, 0.3) is 0 Å². The van der Waals surface area contributed by atoms with E-state index < -0.39 is 11.8 Å². The highest BCUT2D eigenvalue weighted by molar-refractivity contribution is 7.08. The molecule has 2 rings (SSSR count). The number of carboxylic acid groups (broad SMARTS) is 1. The first-order valence-electron chi connectivity index (χ1n) is 3.86. The highest BCUT2D eigenvalue weighted by Gasteiger charge is 2.17. The van der Waals surface area contributed by atoms with Gasteiger partial charge in [-0.15, -0.1) is 5.10 Å². The van der Waals surface area contributed by atoms with Gasteiger partial charge < -0.3 is 5.11 Å². The SMILES string of the molecule is O=C(O)c1snnc1-c1ccc(F)cn1. The molecule has 0 aliphatic heterocycles. The van der Waals surface area contributed by atoms with Crippen molar-refractivity contribution in [2.45, 2.75) is 0 Å². The van der Waals surface area contributed by atoms with Gasteiger partial charge in [-0.1, -0.05) is 4.49 Å². The zero-order chi connectivity index (χ0) is 10.8. The molecule has 0 aliphatic rings. The zero-order valence-electron chi connectivity index (χ0n) is 7.22. The van der Waals surface area contributed by atoms with E-state index in [-0.39, 0.29) is 10.6 Å². The largest absolute Gasteiger partial charge is 0.477 e. The maximum absolute atomic E-state index is 12.6. The van der Waals surface area contributed by atoms with E-state index in [0.717, 1.165) is 17.7 Å². The lowest BCUT2D eigenvalue weighted by atomic mass is 10.2. The van der Waals surface area contributed by atoms with Crippen LogP contribution in [0.25, 0.3) is 11.4 Å². The molecule has 0 fully saturated rings. The first kappa shape index (κ1) is 9.66. The van der Waals surface area contributed by atoms with Gasteiger partial charge in [-0.3, -0.25) is 4.98 Å². The average Bonchev–Trinajstić information content (AvgIpc) is 2.67. The molecule has 0 saturated carbocycles. The summed E-state index contributed by atoms with van der Waals surface area (Å²) in [5, 5.41) is 12.4. The van der Waals surface area contributed by atoms with Crippen LogP contribution in [-0.2, 0) is 0 Å². The van der Waals surface area contributed by atoms with Gasteiger partial charge in [0.1, 0.15) is 11.5 Å². The minimum absolute atomic E-state index is 0.00546. The smallest absolute Gasteiger partial charge is 0.349 e. The maximum Gasteiger partial charge on any atom is 0.349 e. The third kappa shape index (κ3) is 1.82. The van der Waals surface area contributed by atoms with Crippen LogP contribution in [0.15, 0.2) is 18.3 Å². The first-order chi connectivity index (χ1) is 7.18. The Kier molecular flexibility index (Phi) is 2.38. The topological polar surface area (TPSA) is 76.0 Å². The number of hydrogen-bond donors (Lipinski definition) is 1. The summed E-state index contributed by atoms with van der Waals surface area (Å²) in [7, 11) is 0. The molecule has 0 radical (unpaired) electrons. The highest BCUT2D eigenvalue weighted by Crippen LogP contribution is 2.21. The second-order valence-electron chi connectivity index (χ2n) is 2.62. The van der Waals surface area contributed by atoms with Crippen molar-refractivity contribution in [2.24, 2.45) is 0 Å². The number of hydrogen-bond acceptors (Lipinski definition) is 5. The molecule has 0 saturated heterocycles. The number of aromatic nitrogens is 3. The number of aromatic carboxylic acids is 1. The van der Waals surface area contributed by atoms with Crippen LogP contribution in [0, 0.1) is 5.82 Å². The summed E-state index contributed by atoms with van der Waals surface area (Å²) in [6.45, 7) is 0. The Morgan fingerprint density at radius 1 is 1.47 bits per heavy atom. The third-order valence-electron chi connectivity index (χ3n) is 1.65. The van der Waals surface area contributed by atoms with E-state index in [1.807, 2.05) is 0 Å². The minimum Gasteiger partial charge on any atom is -0.477 e. The summed E-state index contributed by atoms with van der Waals surface area (Å²) in [5.74, 6) is -1.61. The van der Waals surface area contributed by atoms with E-state index in [1.165, 1.54) is 12.1 Å². The molecule has 2 aromatic heterocycles. The van der Waals surface area contributed by atoms with Crippen molar-refractivity contribution < 1.29 is 14.3 Å². The number of carbonyl (C=O) groups is 1. The normalized spacial score (nSPS) is 10.2. The number of carboxylic acids is 1. The van der Waals surface area contributed by atoms with Gasteiger partial charge in [-0.25, -0.2) is 9.18 Å². The van der Waals surface area contributed by atoms with E-state index in [2.05, 4.69) is 14.6 Å². The monoisotopic (exact) mass is 225 g/mol. The Balaban J connectivity index is 2.49. The summed E-state index contributed by atoms with van der Waals surface area (Å²) < 4.78 is 16.1. The Morgan fingerprint density at radius 3 is 2.87 bits per heavy atom. The fourth-order valence-corrected chi connectivity index (χ4v) is 1.53. The summed E-state index contributed by atoms with van der Waals surface area (Å²) in [4.78, 5) is 14.5. The summed E-state index contributed by atoms with van der Waals surface area (Å²) in [6, 6.07) is 2.55. The third-order valence-corrected chi connectivity index (χ3v) is 2.37. The molecule has 2 aromatic rings. The molecule has 0 bridgehead atoms. The lowest BCUT2D eigenvalue weighted by Crippen LogP contribution is -1.96. The predicted octanol–water partition coefficient (Wildman–Crippen LogP) is 1.44. The van der Waals surface area contributed by atoms with Crippen molar-refractivity contribution in [3.63, 3.8) is 0 Å². The highest BCUT2D eigenvalue weighted by atomic mass is 32.1. The van der Waals surface area contributed by atoms with Crippen molar-refractivity contribution in [1.29, 1.82) is 0 Å². The van der Waals surface area contributed by atoms with E-state index in [0.29, 0.717) is 5.69 Å². The van der Waals surface area contributed by atoms with Gasteiger partial charge in [0, 0.05) is 0 Å². The standard InChI is InChI=1S/C8H4FN3O2S/c9-4-1-2-5(10-3-4)6-7(8(13)14)15-12-11-6/h1-3H,(H,13,14). The molecular weight excluding hydrogens is 221 g/mol. The van der Waals surface area contributed by atoms with Crippen LogP contribution in [-0.4, -0.2) is 25.6 Å². The second-order valence-corrected chi connectivity index (χ2v) is 3.37. The summed E-state index contributed by atoms with van der Waals surface area (Å²) in [6.07, 6.45) is 1.00. The van der Waals surface area contributed by atoms with E-state index in [1.54, 1.807) is 0 Å². The van der Waals surface area contributed by atoms with Crippen LogP contribution in [0.4, 0.5) is 4.39 Å². The van der Waals surface area contributed by atoms with Crippen molar-refractivity contribution in [2.75, 3.05) is 0 Å². The Morgan fingerprint density at radius 2 is 2.27 bits per heavy atom. The van der Waals surface area contributed by atoms with Crippen LogP contribution >= 0.6 is 11.5 Å². The van der Waals surface area contributed by atoms with Crippen LogP contribution in [0.2, 0.25) is 0 Å². The molecule has 5 nitrogen and oxygen atoms in total. The van der Waals surface area contributed by atoms with Gasteiger partial charge in [0.2, 0.25) is 0 Å². The van der Waals surface area contributed by atoms with Crippen molar-refractivity contribution in [3.8, 4) is 11.4 Å². The lowest BCUT2D eigenvalue weighted by Gasteiger charge is -1.95. The van der Waals surface area contributed by atoms with Crippen molar-refractivity contribution in [3.05, 3.63) is 29.0 Å². The minimum atomic E-state index is -1.12. The van der Waals surface area contributed by atoms with Crippen molar-refractivity contribution in [1.82, 2.24) is 14.6 Å². The average molecular weight is 225 g/mol. The molecule has 0 aliphatic carbocycles. The van der Waals surface area contributed by atoms with E-state index in [4.69, 9.17) is 5.11 Å². The number of halogens is 1. The Hall–Kier alpha value is -1.89. The Bertz CT molecular complexity index is 497. The summed E-state index contributed by atoms with van der Waals surface area (Å²) in [5.41, 5.74) is 0.454. The van der Waals surface area contributed by atoms with Crippen molar-refractivity contribution >= 4 is 17.5 Å². The first-order valence-corrected chi connectivity index (χ1v) is 4.63. The second kappa shape index (κ2) is 3.70. The van der Waals surface area contributed by atoms with Gasteiger partial charge in [0.05, 0.1) is 11.9 Å². The molecule has 0 aromatic carbocycles. The molecule has 0 spiro atoms. The Labute approximate surface area is 87.4 Å². The molecule has 0 unspecified atom stereocenters. The van der Waals surface area contributed by atoms with E-state index >= 15 is 0 Å². The van der Waals surface area contributed by atoms with Gasteiger partial charge in [0.15, 0.2) is 4.88 Å². The number of rotatable bonds is 2. The molecule has 0 atom stereocenters. The molecular formula is C8H4FN3O2S. The predicted molar refractivity (Wildman–Crippen MR) is 50.1 cm³/mol. The maximum atomic E-state index is 12.6. The molecule has 7 heteroatoms. The fraction of sp³-hybridized carbons (Fsp3) is 0. The van der Waals surface area contributed by atoms with Gasteiger partial charge >= 0.3 is 5.97 Å². The molecule has 1 N–H and O–H groups in total. The van der Waals surface area contributed by atoms with E-state index in [9.17, 15) is 9.18 Å². The fourth-order valence-electron chi connectivity index (χ4n) is 1.01.